The summed E-state index contributed by atoms with van der Waals surface area (Å²) in [6, 6.07) is 7.29. The third-order valence-corrected chi connectivity index (χ3v) is 2.87. The van der Waals surface area contributed by atoms with E-state index in [1.807, 2.05) is 18.2 Å². The Balaban J connectivity index is 2.02. The molecule has 0 aromatic heterocycles. The summed E-state index contributed by atoms with van der Waals surface area (Å²) in [5.41, 5.74) is -0.0872. The van der Waals surface area contributed by atoms with Gasteiger partial charge in [0.2, 0.25) is 0 Å². The molecule has 0 saturated carbocycles. The molecule has 0 bridgehead atoms. The SMILES string of the molecule is CC1(C(=O)O)OC1C=Cc1ccc(Cl)cc1. The van der Waals surface area contributed by atoms with E-state index >= 15 is 0 Å². The smallest absolute Gasteiger partial charge is 0.338 e. The first-order valence-corrected chi connectivity index (χ1v) is 5.25. The van der Waals surface area contributed by atoms with E-state index < -0.39 is 11.6 Å². The molecule has 1 N–H and O–H groups in total. The number of benzene rings is 1. The van der Waals surface area contributed by atoms with Gasteiger partial charge in [0.25, 0.3) is 0 Å². The first kappa shape index (κ1) is 11.2. The van der Waals surface area contributed by atoms with Crippen LogP contribution in [0.2, 0.25) is 5.02 Å². The molecule has 0 amide bonds. The first-order chi connectivity index (χ1) is 7.52. The number of carbonyl (C=O) groups is 1. The zero-order valence-electron chi connectivity index (χ0n) is 8.68. The summed E-state index contributed by atoms with van der Waals surface area (Å²) in [4.78, 5) is 10.8. The van der Waals surface area contributed by atoms with E-state index in [0.29, 0.717) is 5.02 Å². The largest absolute Gasteiger partial charge is 0.479 e. The van der Waals surface area contributed by atoms with Crippen molar-refractivity contribution in [3.05, 3.63) is 40.9 Å². The third kappa shape index (κ3) is 2.10. The fourth-order valence-corrected chi connectivity index (χ4v) is 1.52. The molecular weight excluding hydrogens is 228 g/mol. The van der Waals surface area contributed by atoms with E-state index in [1.165, 1.54) is 0 Å². The number of halogens is 1. The molecule has 4 heteroatoms. The van der Waals surface area contributed by atoms with Crippen LogP contribution in [-0.4, -0.2) is 22.8 Å². The maximum absolute atomic E-state index is 10.8. The standard InChI is InChI=1S/C12H11ClO3/c1-12(11(14)15)10(16-12)7-4-8-2-5-9(13)6-3-8/h2-7,10H,1H3,(H,14,15). The lowest BCUT2D eigenvalue weighted by Gasteiger charge is -1.95. The highest BCUT2D eigenvalue weighted by atomic mass is 35.5. The number of carboxylic acids is 1. The molecule has 1 aliphatic heterocycles. The Kier molecular flexibility index (Phi) is 2.74. The number of rotatable bonds is 3. The molecular formula is C12H11ClO3. The van der Waals surface area contributed by atoms with Crippen LogP contribution in [0.3, 0.4) is 0 Å². The van der Waals surface area contributed by atoms with Crippen molar-refractivity contribution >= 4 is 23.6 Å². The van der Waals surface area contributed by atoms with Gasteiger partial charge in [-0.3, -0.25) is 0 Å². The third-order valence-electron chi connectivity index (χ3n) is 2.62. The van der Waals surface area contributed by atoms with Crippen LogP contribution in [0.4, 0.5) is 0 Å². The Hall–Kier alpha value is -1.32. The van der Waals surface area contributed by atoms with E-state index in [1.54, 1.807) is 25.1 Å². The summed E-state index contributed by atoms with van der Waals surface area (Å²) < 4.78 is 5.10. The van der Waals surface area contributed by atoms with Crippen molar-refractivity contribution < 1.29 is 14.6 Å². The van der Waals surface area contributed by atoms with E-state index in [-0.39, 0.29) is 6.10 Å². The van der Waals surface area contributed by atoms with E-state index in [2.05, 4.69) is 0 Å². The first-order valence-electron chi connectivity index (χ1n) is 4.87. The van der Waals surface area contributed by atoms with Gasteiger partial charge in [0, 0.05) is 5.02 Å². The number of carboxylic acid groups (broad SMARTS) is 1. The van der Waals surface area contributed by atoms with Gasteiger partial charge in [0.15, 0.2) is 5.60 Å². The molecule has 3 nitrogen and oxygen atoms in total. The zero-order chi connectivity index (χ0) is 11.8. The molecule has 16 heavy (non-hydrogen) atoms. The van der Waals surface area contributed by atoms with Gasteiger partial charge in [-0.1, -0.05) is 35.9 Å². The predicted octanol–water partition coefficient (Wildman–Crippen LogP) is 2.60. The topological polar surface area (TPSA) is 49.8 Å². The van der Waals surface area contributed by atoms with Gasteiger partial charge < -0.3 is 9.84 Å². The van der Waals surface area contributed by atoms with Gasteiger partial charge >= 0.3 is 5.97 Å². The Labute approximate surface area is 98.3 Å². The van der Waals surface area contributed by atoms with Crippen LogP contribution in [-0.2, 0) is 9.53 Å². The molecule has 2 unspecified atom stereocenters. The Morgan fingerprint density at radius 2 is 2.12 bits per heavy atom. The summed E-state index contributed by atoms with van der Waals surface area (Å²) in [5.74, 6) is -0.932. The summed E-state index contributed by atoms with van der Waals surface area (Å²) in [6.07, 6.45) is 3.23. The van der Waals surface area contributed by atoms with Gasteiger partial charge in [0.05, 0.1) is 0 Å². The van der Waals surface area contributed by atoms with Gasteiger partial charge in [-0.05, 0) is 24.6 Å². The fraction of sp³-hybridized carbons (Fsp3) is 0.250. The molecule has 1 saturated heterocycles. The molecule has 1 heterocycles. The predicted molar refractivity (Wildman–Crippen MR) is 61.4 cm³/mol. The van der Waals surface area contributed by atoms with Gasteiger partial charge in [-0.15, -0.1) is 0 Å². The normalized spacial score (nSPS) is 28.2. The Morgan fingerprint density at radius 3 is 2.62 bits per heavy atom. The van der Waals surface area contributed by atoms with Crippen LogP contribution in [0, 0.1) is 0 Å². The molecule has 1 aliphatic rings. The van der Waals surface area contributed by atoms with Crippen LogP contribution in [0.25, 0.3) is 6.08 Å². The second kappa shape index (κ2) is 3.92. The van der Waals surface area contributed by atoms with Crippen LogP contribution >= 0.6 is 11.6 Å². The van der Waals surface area contributed by atoms with Crippen molar-refractivity contribution in [2.24, 2.45) is 0 Å². The Morgan fingerprint density at radius 1 is 1.50 bits per heavy atom. The maximum atomic E-state index is 10.8. The number of hydrogen-bond donors (Lipinski definition) is 1. The van der Waals surface area contributed by atoms with Crippen molar-refractivity contribution in [3.63, 3.8) is 0 Å². The molecule has 1 aromatic rings. The lowest BCUT2D eigenvalue weighted by molar-refractivity contribution is -0.142. The van der Waals surface area contributed by atoms with Crippen LogP contribution in [0.15, 0.2) is 30.3 Å². The molecule has 1 aromatic carbocycles. The zero-order valence-corrected chi connectivity index (χ0v) is 9.44. The van der Waals surface area contributed by atoms with Gasteiger partial charge in [-0.25, -0.2) is 4.79 Å². The van der Waals surface area contributed by atoms with Crippen LogP contribution in [0.5, 0.6) is 0 Å². The van der Waals surface area contributed by atoms with E-state index in [9.17, 15) is 4.79 Å². The van der Waals surface area contributed by atoms with Crippen molar-refractivity contribution in [3.8, 4) is 0 Å². The lowest BCUT2D eigenvalue weighted by atomic mass is 10.1. The molecule has 84 valence electrons. The molecule has 0 aliphatic carbocycles. The van der Waals surface area contributed by atoms with Crippen molar-refractivity contribution in [1.82, 2.24) is 0 Å². The average Bonchev–Trinajstić information content (AvgIpc) is 2.91. The number of ether oxygens (including phenoxy) is 1. The highest BCUT2D eigenvalue weighted by Crippen LogP contribution is 2.37. The number of epoxide rings is 1. The molecule has 2 atom stereocenters. The van der Waals surface area contributed by atoms with Gasteiger partial charge in [0.1, 0.15) is 6.10 Å². The number of hydrogen-bond acceptors (Lipinski definition) is 2. The minimum absolute atomic E-state index is 0.347. The minimum atomic E-state index is -1.05. The van der Waals surface area contributed by atoms with Crippen LogP contribution in [0.1, 0.15) is 12.5 Å². The molecule has 1 fully saturated rings. The lowest BCUT2D eigenvalue weighted by Crippen LogP contribution is -2.21. The fourth-order valence-electron chi connectivity index (χ4n) is 1.40. The van der Waals surface area contributed by atoms with Gasteiger partial charge in [-0.2, -0.15) is 0 Å². The van der Waals surface area contributed by atoms with Crippen LogP contribution < -0.4 is 0 Å². The second-order valence-corrected chi connectivity index (χ2v) is 4.30. The minimum Gasteiger partial charge on any atom is -0.479 e. The van der Waals surface area contributed by atoms with Crippen molar-refractivity contribution in [2.75, 3.05) is 0 Å². The quantitative estimate of drug-likeness (QED) is 0.824. The second-order valence-electron chi connectivity index (χ2n) is 3.86. The summed E-state index contributed by atoms with van der Waals surface area (Å²) in [5, 5.41) is 9.52. The maximum Gasteiger partial charge on any atom is 0.338 e. The monoisotopic (exact) mass is 238 g/mol. The summed E-state index contributed by atoms with van der Waals surface area (Å²) in [7, 11) is 0. The van der Waals surface area contributed by atoms with Crippen molar-refractivity contribution in [2.45, 2.75) is 18.6 Å². The summed E-state index contributed by atoms with van der Waals surface area (Å²) in [6.45, 7) is 1.56. The highest BCUT2D eigenvalue weighted by Gasteiger charge is 2.57. The Bertz CT molecular complexity index is 438. The number of aliphatic carboxylic acids is 1. The van der Waals surface area contributed by atoms with E-state index in [0.717, 1.165) is 5.56 Å². The molecule has 0 spiro atoms. The molecule has 2 rings (SSSR count). The highest BCUT2D eigenvalue weighted by molar-refractivity contribution is 6.30. The van der Waals surface area contributed by atoms with E-state index in [4.69, 9.17) is 21.4 Å². The molecule has 0 radical (unpaired) electrons. The average molecular weight is 239 g/mol. The summed E-state index contributed by atoms with van der Waals surface area (Å²) >= 11 is 5.75. The van der Waals surface area contributed by atoms with Crippen molar-refractivity contribution in [1.29, 1.82) is 0 Å².